The van der Waals surface area contributed by atoms with Crippen LogP contribution in [0.5, 0.6) is 0 Å². The first-order valence-corrected chi connectivity index (χ1v) is 8.50. The maximum Gasteiger partial charge on any atom is 0.323 e. The zero-order chi connectivity index (χ0) is 18.4. The number of hydrogen-bond acceptors (Lipinski definition) is 4. The lowest BCUT2D eigenvalue weighted by Crippen LogP contribution is -2.48. The van der Waals surface area contributed by atoms with Crippen LogP contribution in [-0.2, 0) is 20.9 Å². The van der Waals surface area contributed by atoms with Crippen LogP contribution in [0.4, 0.5) is 0 Å². The van der Waals surface area contributed by atoms with Gasteiger partial charge < -0.3 is 4.74 Å². The van der Waals surface area contributed by atoms with Gasteiger partial charge in [0.25, 0.3) is 0 Å². The molecule has 0 aliphatic carbocycles. The normalized spacial score (nSPS) is 13.4. The van der Waals surface area contributed by atoms with Crippen molar-refractivity contribution < 1.29 is 14.3 Å². The molecule has 1 aromatic carbocycles. The van der Waals surface area contributed by atoms with E-state index >= 15 is 0 Å². The van der Waals surface area contributed by atoms with Gasteiger partial charge in [0.1, 0.15) is 18.4 Å². The molecule has 0 aromatic heterocycles. The molecule has 0 aliphatic rings. The molecule has 0 aliphatic heterocycles. The molecule has 4 nitrogen and oxygen atoms in total. The van der Waals surface area contributed by atoms with Crippen molar-refractivity contribution in [3.63, 3.8) is 0 Å². The summed E-state index contributed by atoms with van der Waals surface area (Å²) in [6.45, 7) is 11.9. The Balaban J connectivity index is 2.66. The first-order chi connectivity index (χ1) is 11.0. The minimum atomic E-state index is -0.486. The van der Waals surface area contributed by atoms with Crippen LogP contribution in [0.1, 0.15) is 59.9 Å². The Kier molecular flexibility index (Phi) is 7.15. The Morgan fingerprint density at radius 1 is 1.04 bits per heavy atom. The van der Waals surface area contributed by atoms with E-state index in [1.54, 1.807) is 0 Å². The van der Waals surface area contributed by atoms with Crippen molar-refractivity contribution in [2.45, 2.75) is 72.6 Å². The number of benzene rings is 1. The van der Waals surface area contributed by atoms with Crippen LogP contribution in [-0.4, -0.2) is 23.3 Å². The van der Waals surface area contributed by atoms with Crippen molar-refractivity contribution in [3.05, 3.63) is 35.9 Å². The summed E-state index contributed by atoms with van der Waals surface area (Å²) in [6, 6.07) is 9.10. The second-order valence-electron chi connectivity index (χ2n) is 8.25. The number of Topliss-reactive ketones (excluding diaryl/α,β-unsaturated/α-hetero) is 1. The molecular formula is C20H31NO3. The van der Waals surface area contributed by atoms with E-state index in [1.807, 2.05) is 71.9 Å². The Morgan fingerprint density at radius 2 is 1.62 bits per heavy atom. The second-order valence-corrected chi connectivity index (χ2v) is 8.25. The molecule has 1 atom stereocenters. The maximum atomic E-state index is 12.5. The number of ketones is 1. The van der Waals surface area contributed by atoms with E-state index in [0.29, 0.717) is 12.8 Å². The summed E-state index contributed by atoms with van der Waals surface area (Å²) in [5.74, 6) is -0.158. The third-order valence-electron chi connectivity index (χ3n) is 3.61. The van der Waals surface area contributed by atoms with Crippen molar-refractivity contribution in [3.8, 4) is 0 Å². The van der Waals surface area contributed by atoms with E-state index in [9.17, 15) is 9.59 Å². The average molecular weight is 333 g/mol. The highest BCUT2D eigenvalue weighted by atomic mass is 16.5. The van der Waals surface area contributed by atoms with Crippen LogP contribution in [0.15, 0.2) is 30.3 Å². The summed E-state index contributed by atoms with van der Waals surface area (Å²) in [7, 11) is 0. The molecule has 0 heterocycles. The average Bonchev–Trinajstić information content (AvgIpc) is 2.47. The number of carbonyl (C=O) groups is 2. The summed E-state index contributed by atoms with van der Waals surface area (Å²) in [5.41, 5.74) is 0.327. The Morgan fingerprint density at radius 3 is 2.12 bits per heavy atom. The van der Waals surface area contributed by atoms with Crippen molar-refractivity contribution in [2.75, 3.05) is 0 Å². The first kappa shape index (κ1) is 20.4. The van der Waals surface area contributed by atoms with Crippen molar-refractivity contribution in [1.29, 1.82) is 0 Å². The third kappa shape index (κ3) is 7.73. The highest BCUT2D eigenvalue weighted by Gasteiger charge is 2.28. The topological polar surface area (TPSA) is 55.4 Å². The molecule has 0 saturated heterocycles. The number of rotatable bonds is 7. The molecule has 0 saturated carbocycles. The largest absolute Gasteiger partial charge is 0.460 e. The molecule has 24 heavy (non-hydrogen) atoms. The molecule has 4 heteroatoms. The van der Waals surface area contributed by atoms with Crippen molar-refractivity contribution >= 4 is 11.8 Å². The van der Waals surface area contributed by atoms with E-state index < -0.39 is 6.04 Å². The van der Waals surface area contributed by atoms with E-state index in [1.165, 1.54) is 0 Å². The molecule has 1 unspecified atom stereocenters. The molecule has 0 fully saturated rings. The van der Waals surface area contributed by atoms with Gasteiger partial charge in [-0.25, -0.2) is 0 Å². The van der Waals surface area contributed by atoms with Gasteiger partial charge in [-0.05, 0) is 32.8 Å². The quantitative estimate of drug-likeness (QED) is 0.769. The summed E-state index contributed by atoms with van der Waals surface area (Å²) >= 11 is 0. The van der Waals surface area contributed by atoms with Gasteiger partial charge in [0.05, 0.1) is 0 Å². The molecule has 0 amide bonds. The van der Waals surface area contributed by atoms with Gasteiger partial charge >= 0.3 is 5.97 Å². The number of nitrogens with one attached hydrogen (secondary N) is 1. The van der Waals surface area contributed by atoms with Gasteiger partial charge in [-0.1, -0.05) is 51.1 Å². The van der Waals surface area contributed by atoms with E-state index in [-0.39, 0.29) is 29.3 Å². The molecule has 0 bridgehead atoms. The van der Waals surface area contributed by atoms with Crippen molar-refractivity contribution in [2.24, 2.45) is 5.41 Å². The number of ether oxygens (including phenoxy) is 1. The zero-order valence-corrected chi connectivity index (χ0v) is 15.8. The number of hydrogen-bond donors (Lipinski definition) is 1. The van der Waals surface area contributed by atoms with Gasteiger partial charge in [-0.15, -0.1) is 0 Å². The van der Waals surface area contributed by atoms with Crippen LogP contribution in [0.2, 0.25) is 0 Å². The van der Waals surface area contributed by atoms with Crippen LogP contribution in [0.3, 0.4) is 0 Å². The third-order valence-corrected chi connectivity index (χ3v) is 3.61. The van der Waals surface area contributed by atoms with E-state index in [4.69, 9.17) is 4.74 Å². The SMILES string of the molecule is CC(C)(C)NC(CCC(=O)C(C)(C)C)C(=O)OCc1ccccc1. The highest BCUT2D eigenvalue weighted by Crippen LogP contribution is 2.19. The lowest BCUT2D eigenvalue weighted by molar-refractivity contribution is -0.148. The minimum absolute atomic E-state index is 0.152. The van der Waals surface area contributed by atoms with Gasteiger partial charge in [0.15, 0.2) is 0 Å². The predicted octanol–water partition coefficient (Wildman–Crippen LogP) is 3.88. The lowest BCUT2D eigenvalue weighted by Gasteiger charge is -2.28. The van der Waals surface area contributed by atoms with Gasteiger partial charge in [0, 0.05) is 17.4 Å². The highest BCUT2D eigenvalue weighted by molar-refractivity contribution is 5.84. The van der Waals surface area contributed by atoms with Crippen LogP contribution < -0.4 is 5.32 Å². The van der Waals surface area contributed by atoms with Gasteiger partial charge in [-0.2, -0.15) is 0 Å². The molecular weight excluding hydrogens is 302 g/mol. The fourth-order valence-electron chi connectivity index (χ4n) is 2.25. The minimum Gasteiger partial charge on any atom is -0.460 e. The number of esters is 1. The fourth-order valence-corrected chi connectivity index (χ4v) is 2.25. The first-order valence-electron chi connectivity index (χ1n) is 8.50. The standard InChI is InChI=1S/C20H31NO3/c1-19(2,3)17(22)13-12-16(21-20(4,5)6)18(23)24-14-15-10-8-7-9-11-15/h7-11,16,21H,12-14H2,1-6H3. The summed E-state index contributed by atoms with van der Waals surface area (Å²) in [4.78, 5) is 24.6. The van der Waals surface area contributed by atoms with E-state index in [0.717, 1.165) is 5.56 Å². The second kappa shape index (κ2) is 8.43. The summed E-state index contributed by atoms with van der Waals surface area (Å²) in [5, 5.41) is 3.27. The summed E-state index contributed by atoms with van der Waals surface area (Å²) < 4.78 is 5.44. The smallest absolute Gasteiger partial charge is 0.323 e. The zero-order valence-electron chi connectivity index (χ0n) is 15.8. The Hall–Kier alpha value is -1.68. The Labute approximate surface area is 146 Å². The van der Waals surface area contributed by atoms with E-state index in [2.05, 4.69) is 5.32 Å². The molecule has 134 valence electrons. The molecule has 1 aromatic rings. The van der Waals surface area contributed by atoms with Gasteiger partial charge in [0.2, 0.25) is 0 Å². The monoisotopic (exact) mass is 333 g/mol. The van der Waals surface area contributed by atoms with Gasteiger partial charge in [-0.3, -0.25) is 14.9 Å². The molecule has 0 spiro atoms. The summed E-state index contributed by atoms with van der Waals surface area (Å²) in [6.07, 6.45) is 0.804. The van der Waals surface area contributed by atoms with Crippen LogP contribution in [0, 0.1) is 5.41 Å². The molecule has 1 rings (SSSR count). The Bertz CT molecular complexity index is 538. The van der Waals surface area contributed by atoms with Crippen molar-refractivity contribution in [1.82, 2.24) is 5.32 Å². The lowest BCUT2D eigenvalue weighted by atomic mass is 9.87. The maximum absolute atomic E-state index is 12.5. The fraction of sp³-hybridized carbons (Fsp3) is 0.600. The predicted molar refractivity (Wildman–Crippen MR) is 96.6 cm³/mol. The molecule has 1 N–H and O–H groups in total. The molecule has 0 radical (unpaired) electrons. The van der Waals surface area contributed by atoms with Crippen LogP contribution >= 0.6 is 0 Å². The van der Waals surface area contributed by atoms with Crippen LogP contribution in [0.25, 0.3) is 0 Å². The number of carbonyl (C=O) groups excluding carboxylic acids is 2.